The number of anilines is 1. The van der Waals surface area contributed by atoms with Crippen LogP contribution in [0.5, 0.6) is 0 Å². The Kier molecular flexibility index (Phi) is 3.94. The van der Waals surface area contributed by atoms with Crippen LogP contribution >= 0.6 is 0 Å². The predicted molar refractivity (Wildman–Crippen MR) is 71.9 cm³/mol. The molecular weight excluding hydrogens is 226 g/mol. The molecule has 1 aliphatic rings. The van der Waals surface area contributed by atoms with Gasteiger partial charge in [0, 0.05) is 36.7 Å². The van der Waals surface area contributed by atoms with Crippen molar-refractivity contribution >= 4 is 12.1 Å². The zero-order valence-corrected chi connectivity index (χ0v) is 11.4. The summed E-state index contributed by atoms with van der Waals surface area (Å²) in [4.78, 5) is 22.2. The van der Waals surface area contributed by atoms with Crippen molar-refractivity contribution in [3.8, 4) is 0 Å². The summed E-state index contributed by atoms with van der Waals surface area (Å²) < 4.78 is 0. The molecule has 2 heterocycles. The third-order valence-electron chi connectivity index (χ3n) is 3.35. The molecule has 1 aliphatic heterocycles. The van der Waals surface area contributed by atoms with Gasteiger partial charge in [0.15, 0.2) is 0 Å². The predicted octanol–water partition coefficient (Wildman–Crippen LogP) is 2.32. The fraction of sp³-hybridized carbons (Fsp3) is 0.643. The van der Waals surface area contributed by atoms with E-state index < -0.39 is 0 Å². The van der Waals surface area contributed by atoms with Gasteiger partial charge in [-0.2, -0.15) is 0 Å². The summed E-state index contributed by atoms with van der Waals surface area (Å²) in [5.74, 6) is 2.34. The van der Waals surface area contributed by atoms with E-state index in [2.05, 4.69) is 28.7 Å². The Hall–Kier alpha value is -1.45. The molecule has 0 spiro atoms. The van der Waals surface area contributed by atoms with E-state index in [0.717, 1.165) is 49.6 Å². The zero-order valence-electron chi connectivity index (χ0n) is 11.4. The van der Waals surface area contributed by atoms with Crippen LogP contribution < -0.4 is 4.90 Å². The molecule has 1 atom stereocenters. The van der Waals surface area contributed by atoms with Gasteiger partial charge in [0.05, 0.1) is 0 Å². The van der Waals surface area contributed by atoms with Gasteiger partial charge in [-0.3, -0.25) is 0 Å². The first-order chi connectivity index (χ1) is 8.60. The van der Waals surface area contributed by atoms with Gasteiger partial charge < -0.3 is 9.69 Å². The average Bonchev–Trinajstić information content (AvgIpc) is 2.38. The third-order valence-corrected chi connectivity index (χ3v) is 3.35. The van der Waals surface area contributed by atoms with Crippen LogP contribution in [-0.2, 0) is 4.79 Å². The van der Waals surface area contributed by atoms with Gasteiger partial charge in [0.1, 0.15) is 17.9 Å². The second-order valence-corrected chi connectivity index (χ2v) is 5.36. The minimum Gasteiger partial charge on any atom is -0.356 e. The molecule has 18 heavy (non-hydrogen) atoms. The monoisotopic (exact) mass is 247 g/mol. The highest BCUT2D eigenvalue weighted by Crippen LogP contribution is 2.22. The van der Waals surface area contributed by atoms with E-state index >= 15 is 0 Å². The van der Waals surface area contributed by atoms with Gasteiger partial charge in [-0.05, 0) is 19.8 Å². The Bertz CT molecular complexity index is 431. The van der Waals surface area contributed by atoms with Crippen molar-refractivity contribution in [2.75, 3.05) is 18.0 Å². The van der Waals surface area contributed by atoms with Gasteiger partial charge in [0.2, 0.25) is 0 Å². The summed E-state index contributed by atoms with van der Waals surface area (Å²) >= 11 is 0. The zero-order chi connectivity index (χ0) is 13.1. The van der Waals surface area contributed by atoms with Crippen LogP contribution in [0.3, 0.4) is 0 Å². The standard InChI is InChI=1S/C14H21N3O/c1-10(2)14-15-11(3)7-13(16-14)17-6-4-5-12(8-17)9-18/h7,9-10,12H,4-6,8H2,1-3H3. The molecule has 1 unspecified atom stereocenters. The van der Waals surface area contributed by atoms with Crippen molar-refractivity contribution in [2.24, 2.45) is 5.92 Å². The van der Waals surface area contributed by atoms with Crippen LogP contribution in [0, 0.1) is 12.8 Å². The van der Waals surface area contributed by atoms with Gasteiger partial charge in [0.25, 0.3) is 0 Å². The average molecular weight is 247 g/mol. The Balaban J connectivity index is 2.24. The van der Waals surface area contributed by atoms with Crippen molar-refractivity contribution in [1.82, 2.24) is 9.97 Å². The highest BCUT2D eigenvalue weighted by molar-refractivity contribution is 5.56. The normalized spacial score (nSPS) is 20.2. The van der Waals surface area contributed by atoms with Crippen LogP contribution in [0.2, 0.25) is 0 Å². The quantitative estimate of drug-likeness (QED) is 0.769. The molecule has 4 nitrogen and oxygen atoms in total. The molecule has 1 fully saturated rings. The maximum absolute atomic E-state index is 10.9. The van der Waals surface area contributed by atoms with Crippen molar-refractivity contribution in [3.05, 3.63) is 17.6 Å². The van der Waals surface area contributed by atoms with Crippen molar-refractivity contribution < 1.29 is 4.79 Å². The number of nitrogens with zero attached hydrogens (tertiary/aromatic N) is 3. The molecule has 0 radical (unpaired) electrons. The number of hydrogen-bond donors (Lipinski definition) is 0. The van der Waals surface area contributed by atoms with E-state index in [1.807, 2.05) is 13.0 Å². The van der Waals surface area contributed by atoms with Crippen molar-refractivity contribution in [2.45, 2.75) is 39.5 Å². The summed E-state index contributed by atoms with van der Waals surface area (Å²) in [6.45, 7) is 7.97. The molecule has 1 aromatic rings. The van der Waals surface area contributed by atoms with Crippen LogP contribution in [-0.4, -0.2) is 29.3 Å². The number of carbonyl (C=O) groups is 1. The first-order valence-corrected chi connectivity index (χ1v) is 6.66. The molecule has 98 valence electrons. The Morgan fingerprint density at radius 2 is 2.22 bits per heavy atom. The summed E-state index contributed by atoms with van der Waals surface area (Å²) in [5.41, 5.74) is 0.997. The number of rotatable bonds is 3. The number of carbonyl (C=O) groups excluding carboxylic acids is 1. The van der Waals surface area contributed by atoms with Crippen molar-refractivity contribution in [3.63, 3.8) is 0 Å². The lowest BCUT2D eigenvalue weighted by molar-refractivity contribution is -0.111. The molecule has 0 amide bonds. The SMILES string of the molecule is Cc1cc(N2CCCC(C=O)C2)nc(C(C)C)n1. The maximum atomic E-state index is 10.9. The van der Waals surface area contributed by atoms with E-state index in [1.54, 1.807) is 0 Å². The number of piperidine rings is 1. The molecule has 0 aliphatic carbocycles. The van der Waals surface area contributed by atoms with Crippen molar-refractivity contribution in [1.29, 1.82) is 0 Å². The molecule has 1 saturated heterocycles. The van der Waals surface area contributed by atoms with Crippen LogP contribution in [0.1, 0.15) is 44.1 Å². The fourth-order valence-corrected chi connectivity index (χ4v) is 2.32. The number of aryl methyl sites for hydroxylation is 1. The summed E-state index contributed by atoms with van der Waals surface area (Å²) in [6, 6.07) is 2.01. The summed E-state index contributed by atoms with van der Waals surface area (Å²) in [6.07, 6.45) is 3.13. The first kappa shape index (κ1) is 13.0. The Morgan fingerprint density at radius 1 is 1.44 bits per heavy atom. The summed E-state index contributed by atoms with van der Waals surface area (Å²) in [5, 5.41) is 0. The van der Waals surface area contributed by atoms with Gasteiger partial charge in [-0.25, -0.2) is 9.97 Å². The Labute approximate surface area is 108 Å². The molecular formula is C14H21N3O. The topological polar surface area (TPSA) is 46.1 Å². The molecule has 1 aromatic heterocycles. The Morgan fingerprint density at radius 3 is 2.89 bits per heavy atom. The number of hydrogen-bond acceptors (Lipinski definition) is 4. The lowest BCUT2D eigenvalue weighted by atomic mass is 10.00. The molecule has 0 bridgehead atoms. The minimum atomic E-state index is 0.150. The minimum absolute atomic E-state index is 0.150. The summed E-state index contributed by atoms with van der Waals surface area (Å²) in [7, 11) is 0. The second kappa shape index (κ2) is 5.46. The van der Waals surface area contributed by atoms with Gasteiger partial charge >= 0.3 is 0 Å². The molecule has 4 heteroatoms. The van der Waals surface area contributed by atoms with E-state index in [1.165, 1.54) is 0 Å². The van der Waals surface area contributed by atoms with E-state index in [9.17, 15) is 4.79 Å². The number of aldehydes is 1. The first-order valence-electron chi connectivity index (χ1n) is 6.66. The third kappa shape index (κ3) is 2.86. The largest absolute Gasteiger partial charge is 0.356 e. The second-order valence-electron chi connectivity index (χ2n) is 5.36. The van der Waals surface area contributed by atoms with Gasteiger partial charge in [-0.1, -0.05) is 13.8 Å². The molecule has 0 saturated carbocycles. The molecule has 2 rings (SSSR count). The number of aromatic nitrogens is 2. The van der Waals surface area contributed by atoms with Gasteiger partial charge in [-0.15, -0.1) is 0 Å². The van der Waals surface area contributed by atoms with E-state index in [0.29, 0.717) is 5.92 Å². The fourth-order valence-electron chi connectivity index (χ4n) is 2.32. The highest BCUT2D eigenvalue weighted by atomic mass is 16.1. The molecule has 0 aromatic carbocycles. The maximum Gasteiger partial charge on any atom is 0.133 e. The van der Waals surface area contributed by atoms with Crippen LogP contribution in [0.15, 0.2) is 6.07 Å². The molecule has 0 N–H and O–H groups in total. The van der Waals surface area contributed by atoms with E-state index in [-0.39, 0.29) is 5.92 Å². The lowest BCUT2D eigenvalue weighted by Gasteiger charge is -2.31. The smallest absolute Gasteiger partial charge is 0.133 e. The van der Waals surface area contributed by atoms with Crippen LogP contribution in [0.4, 0.5) is 5.82 Å². The van der Waals surface area contributed by atoms with E-state index in [4.69, 9.17) is 0 Å². The lowest BCUT2D eigenvalue weighted by Crippen LogP contribution is -2.36. The highest BCUT2D eigenvalue weighted by Gasteiger charge is 2.21. The van der Waals surface area contributed by atoms with Crippen LogP contribution in [0.25, 0.3) is 0 Å².